The molecule has 0 saturated heterocycles. The third kappa shape index (κ3) is 4.44. The second kappa shape index (κ2) is 9.67. The number of hydrogen-bond donors (Lipinski definition) is 0. The van der Waals surface area contributed by atoms with Gasteiger partial charge in [-0.05, 0) is 53.6 Å². The lowest BCUT2D eigenvalue weighted by Crippen LogP contribution is -2.15. The second-order valence-corrected chi connectivity index (χ2v) is 7.15. The van der Waals surface area contributed by atoms with Crippen LogP contribution in [0.25, 0.3) is 6.08 Å². The van der Waals surface area contributed by atoms with E-state index in [1.807, 2.05) is 30.4 Å². The largest absolute Gasteiger partial charge is 0.255 e. The summed E-state index contributed by atoms with van der Waals surface area (Å²) < 4.78 is 28.0. The van der Waals surface area contributed by atoms with Crippen LogP contribution in [0, 0.1) is 10.7 Å². The molecule has 0 radical (unpaired) electrons. The maximum absolute atomic E-state index is 14.4. The predicted octanol–water partition coefficient (Wildman–Crippen LogP) is 6.94. The highest BCUT2D eigenvalue weighted by atomic mass is 35.5. The van der Waals surface area contributed by atoms with Gasteiger partial charge in [0, 0.05) is 10.6 Å². The molecule has 1 aliphatic carbocycles. The number of amidine groups is 1. The number of nitroso groups, excluding NO2 is 1. The summed E-state index contributed by atoms with van der Waals surface area (Å²) in [6.07, 6.45) is 6.76. The van der Waals surface area contributed by atoms with E-state index in [1.165, 1.54) is 12.1 Å². The van der Waals surface area contributed by atoms with Gasteiger partial charge in [-0.3, -0.25) is 4.99 Å². The fourth-order valence-corrected chi connectivity index (χ4v) is 3.63. The monoisotopic (exact) mass is 427 g/mol. The van der Waals surface area contributed by atoms with Crippen LogP contribution in [0.2, 0.25) is 5.02 Å². The summed E-state index contributed by atoms with van der Waals surface area (Å²) in [6.45, 7) is 5.07. The Bertz CT molecular complexity index is 1060. The van der Waals surface area contributed by atoms with Crippen LogP contribution in [0.15, 0.2) is 63.7 Å². The Morgan fingerprint density at radius 1 is 1.23 bits per heavy atom. The molecule has 0 heterocycles. The molecule has 0 saturated carbocycles. The topological polar surface area (TPSA) is 54.1 Å². The minimum absolute atomic E-state index is 0.102. The Kier molecular flexibility index (Phi) is 7.00. The van der Waals surface area contributed by atoms with Gasteiger partial charge in [0.15, 0.2) is 12.0 Å². The van der Waals surface area contributed by atoms with Gasteiger partial charge in [0.25, 0.3) is 0 Å². The molecule has 2 atom stereocenters. The third-order valence-corrected chi connectivity index (χ3v) is 5.23. The van der Waals surface area contributed by atoms with Crippen LogP contribution < -0.4 is 0 Å². The smallest absolute Gasteiger partial charge is 0.159 e. The molecule has 3 rings (SSSR count). The lowest BCUT2D eigenvalue weighted by atomic mass is 9.91. The average molecular weight is 428 g/mol. The van der Waals surface area contributed by atoms with E-state index >= 15 is 0 Å². The Morgan fingerprint density at radius 2 is 2.00 bits per heavy atom. The molecule has 0 aromatic heterocycles. The lowest BCUT2D eigenvalue weighted by molar-refractivity contribution is 0.410. The van der Waals surface area contributed by atoms with Crippen LogP contribution in [-0.4, -0.2) is 18.7 Å². The fraction of sp³-hybridized carbons (Fsp3) is 0.217. The minimum atomic E-state index is -1.44. The molecule has 30 heavy (non-hydrogen) atoms. The van der Waals surface area contributed by atoms with Crippen molar-refractivity contribution in [2.45, 2.75) is 32.0 Å². The normalized spacial score (nSPS) is 15.3. The third-order valence-electron chi connectivity index (χ3n) is 4.90. The van der Waals surface area contributed by atoms with E-state index in [0.717, 1.165) is 17.2 Å². The van der Waals surface area contributed by atoms with Crippen molar-refractivity contribution < 1.29 is 8.78 Å². The van der Waals surface area contributed by atoms with Crippen LogP contribution in [0.3, 0.4) is 0 Å². The fourth-order valence-electron chi connectivity index (χ4n) is 3.36. The van der Waals surface area contributed by atoms with Gasteiger partial charge in [0.1, 0.15) is 17.5 Å². The van der Waals surface area contributed by atoms with Crippen LogP contribution in [0.5, 0.6) is 0 Å². The summed E-state index contributed by atoms with van der Waals surface area (Å²) in [7, 11) is 0. The van der Waals surface area contributed by atoms with Gasteiger partial charge in [0.2, 0.25) is 0 Å². The molecule has 0 N–H and O–H groups in total. The lowest BCUT2D eigenvalue weighted by Gasteiger charge is -2.20. The molecule has 4 nitrogen and oxygen atoms in total. The Balaban J connectivity index is 2.28. The second-order valence-electron chi connectivity index (χ2n) is 6.74. The molecule has 0 spiro atoms. The molecule has 0 amide bonds. The van der Waals surface area contributed by atoms with Gasteiger partial charge in [-0.1, -0.05) is 61.0 Å². The first-order valence-corrected chi connectivity index (χ1v) is 9.83. The SMILES string of the molecule is C=NC(=NC(c1ccc(F)cc1Cl)c1ccc2c(c1N=O)CC=CC=C2)C(F)CC. The molecule has 0 bridgehead atoms. The number of allylic oxidation sites excluding steroid dienone is 3. The van der Waals surface area contributed by atoms with Crippen LogP contribution in [-0.2, 0) is 6.42 Å². The molecule has 154 valence electrons. The molecule has 7 heteroatoms. The van der Waals surface area contributed by atoms with Gasteiger partial charge in [-0.2, -0.15) is 0 Å². The van der Waals surface area contributed by atoms with Crippen molar-refractivity contribution in [3.63, 3.8) is 0 Å². The number of rotatable bonds is 6. The summed E-state index contributed by atoms with van der Waals surface area (Å²) in [6, 6.07) is 6.50. The van der Waals surface area contributed by atoms with Gasteiger partial charge < -0.3 is 0 Å². The summed E-state index contributed by atoms with van der Waals surface area (Å²) in [5, 5.41) is 3.38. The van der Waals surface area contributed by atoms with Crippen LogP contribution in [0.4, 0.5) is 14.5 Å². The maximum Gasteiger partial charge on any atom is 0.159 e. The molecule has 2 unspecified atom stereocenters. The van der Waals surface area contributed by atoms with Crippen LogP contribution >= 0.6 is 11.6 Å². The number of aliphatic imine (C=N–C) groups is 2. The molecule has 2 aromatic carbocycles. The Morgan fingerprint density at radius 3 is 2.67 bits per heavy atom. The predicted molar refractivity (Wildman–Crippen MR) is 119 cm³/mol. The Labute approximate surface area is 178 Å². The summed E-state index contributed by atoms with van der Waals surface area (Å²) in [5.41, 5.74) is 2.63. The maximum atomic E-state index is 14.4. The summed E-state index contributed by atoms with van der Waals surface area (Å²) in [4.78, 5) is 20.1. The number of fused-ring (bicyclic) bond motifs is 1. The van der Waals surface area contributed by atoms with Gasteiger partial charge in [0.05, 0.1) is 0 Å². The molecule has 2 aromatic rings. The van der Waals surface area contributed by atoms with E-state index in [-0.39, 0.29) is 23.0 Å². The summed E-state index contributed by atoms with van der Waals surface area (Å²) in [5.74, 6) is -0.633. The molecule has 1 aliphatic rings. The highest BCUT2D eigenvalue weighted by Gasteiger charge is 2.25. The molecular weight excluding hydrogens is 408 g/mol. The van der Waals surface area contributed by atoms with E-state index in [4.69, 9.17) is 11.6 Å². The van der Waals surface area contributed by atoms with E-state index in [1.54, 1.807) is 13.0 Å². The van der Waals surface area contributed by atoms with Crippen molar-refractivity contribution >= 4 is 35.9 Å². The average Bonchev–Trinajstić information content (AvgIpc) is 3.00. The van der Waals surface area contributed by atoms with Gasteiger partial charge in [-0.25, -0.2) is 13.8 Å². The zero-order chi connectivity index (χ0) is 21.7. The Hall–Kier alpha value is -2.99. The van der Waals surface area contributed by atoms with Gasteiger partial charge >= 0.3 is 0 Å². The zero-order valence-electron chi connectivity index (χ0n) is 16.4. The molecular formula is C23H20ClF2N3O. The van der Waals surface area contributed by atoms with Crippen molar-refractivity contribution in [3.05, 3.63) is 86.6 Å². The summed E-state index contributed by atoms with van der Waals surface area (Å²) >= 11 is 6.30. The first-order chi connectivity index (χ1) is 14.5. The van der Waals surface area contributed by atoms with Crippen molar-refractivity contribution in [1.29, 1.82) is 0 Å². The van der Waals surface area contributed by atoms with Crippen molar-refractivity contribution in [1.82, 2.24) is 0 Å². The first kappa shape index (κ1) is 21.7. The standard InChI is InChI=1S/C23H20ClF2N3O/c1-3-20(26)23(27-2)28-21(17-12-10-15(25)13-19(17)24)18-11-9-14-7-5-4-6-8-16(14)22(18)29-30/h4-7,9-13,20-21H,2-3,8H2,1H3. The highest BCUT2D eigenvalue weighted by molar-refractivity contribution is 6.31. The van der Waals surface area contributed by atoms with Crippen LogP contribution in [0.1, 0.15) is 41.6 Å². The number of alkyl halides is 1. The molecule has 0 aliphatic heterocycles. The zero-order valence-corrected chi connectivity index (χ0v) is 17.1. The molecule has 0 fully saturated rings. The number of halogens is 3. The first-order valence-electron chi connectivity index (χ1n) is 9.45. The van der Waals surface area contributed by atoms with Crippen molar-refractivity contribution in [2.24, 2.45) is 15.2 Å². The quantitative estimate of drug-likeness (QED) is 0.280. The van der Waals surface area contributed by atoms with Crippen molar-refractivity contribution in [2.75, 3.05) is 0 Å². The van der Waals surface area contributed by atoms with E-state index in [9.17, 15) is 13.7 Å². The number of benzene rings is 2. The highest BCUT2D eigenvalue weighted by Crippen LogP contribution is 2.41. The van der Waals surface area contributed by atoms with Gasteiger partial charge in [-0.15, -0.1) is 4.91 Å². The number of nitrogens with zero attached hydrogens (tertiary/aromatic N) is 3. The number of hydrogen-bond acceptors (Lipinski definition) is 3. The van der Waals surface area contributed by atoms with E-state index in [2.05, 4.69) is 21.9 Å². The van der Waals surface area contributed by atoms with E-state index < -0.39 is 18.0 Å². The minimum Gasteiger partial charge on any atom is -0.255 e. The van der Waals surface area contributed by atoms with E-state index in [0.29, 0.717) is 17.5 Å². The van der Waals surface area contributed by atoms with Crippen molar-refractivity contribution in [3.8, 4) is 0 Å².